The number of fused-ring (bicyclic) bond motifs is 1. The number of rotatable bonds is 8. The zero-order valence-corrected chi connectivity index (χ0v) is 21.0. The number of aryl methyl sites for hydroxylation is 1. The van der Waals surface area contributed by atoms with Crippen molar-refractivity contribution in [2.45, 2.75) is 32.7 Å². The number of hydrogen-bond donors (Lipinski definition) is 1. The number of para-hydroxylation sites is 1. The molecule has 36 heavy (non-hydrogen) atoms. The third-order valence-electron chi connectivity index (χ3n) is 6.23. The summed E-state index contributed by atoms with van der Waals surface area (Å²) in [6.45, 7) is 2.76. The molecule has 2 aromatic heterocycles. The maximum atomic E-state index is 12.5. The van der Waals surface area contributed by atoms with E-state index in [2.05, 4.69) is 45.9 Å². The number of nitrogens with one attached hydrogen (secondary N) is 1. The highest BCUT2D eigenvalue weighted by Crippen LogP contribution is 2.31. The van der Waals surface area contributed by atoms with E-state index >= 15 is 0 Å². The number of imidazole rings is 1. The van der Waals surface area contributed by atoms with Crippen LogP contribution in [0, 0.1) is 4.84 Å². The molecule has 0 amide bonds. The highest BCUT2D eigenvalue weighted by Gasteiger charge is 2.19. The molecule has 0 saturated heterocycles. The zero-order valence-electron chi connectivity index (χ0n) is 20.2. The molecule has 0 aliphatic heterocycles. The molecule has 0 bridgehead atoms. The number of aromatic amines is 1. The molecule has 0 saturated carbocycles. The lowest BCUT2D eigenvalue weighted by atomic mass is 9.98. The summed E-state index contributed by atoms with van der Waals surface area (Å²) in [5, 5.41) is 2.79. The van der Waals surface area contributed by atoms with Crippen molar-refractivity contribution < 1.29 is 14.1 Å². The first-order chi connectivity index (χ1) is 17.6. The summed E-state index contributed by atoms with van der Waals surface area (Å²) in [5.41, 5.74) is 6.23. The van der Waals surface area contributed by atoms with Crippen LogP contribution in [0.15, 0.2) is 71.3 Å². The van der Waals surface area contributed by atoms with Gasteiger partial charge in [-0.3, -0.25) is 0 Å². The number of hydrogen-bond acceptors (Lipinski definition) is 6. The average Bonchev–Trinajstić information content (AvgIpc) is 3.50. The standard InChI is InChI=1S/C28H26N4O3S/c1-3-4-12-24-29-23-11-7-10-22(27(33)34-2)25(23)32(24)17-18-13-15-19(16-14-18)20-8-5-6-9-21(20)26-30-28(36)35-31-26/h5-11,13-16H,3-4,12,17H2,1-2H3,(H,30,31,36). The summed E-state index contributed by atoms with van der Waals surface area (Å²) in [4.78, 5) is 21.8. The second kappa shape index (κ2) is 10.3. The van der Waals surface area contributed by atoms with Crippen LogP contribution in [-0.4, -0.2) is 32.8 Å². The number of aromatic nitrogens is 4. The van der Waals surface area contributed by atoms with Crippen LogP contribution in [0.3, 0.4) is 0 Å². The van der Waals surface area contributed by atoms with Gasteiger partial charge >= 0.3 is 10.8 Å². The maximum absolute atomic E-state index is 12.5. The summed E-state index contributed by atoms with van der Waals surface area (Å²) < 4.78 is 12.3. The summed E-state index contributed by atoms with van der Waals surface area (Å²) in [6.07, 6.45) is 2.94. The fourth-order valence-electron chi connectivity index (χ4n) is 4.46. The van der Waals surface area contributed by atoms with Crippen molar-refractivity contribution in [2.75, 3.05) is 7.11 Å². The number of methoxy groups -OCH3 is 1. The van der Waals surface area contributed by atoms with Crippen molar-refractivity contribution in [1.29, 1.82) is 0 Å². The van der Waals surface area contributed by atoms with Crippen LogP contribution in [-0.2, 0) is 17.7 Å². The molecule has 0 spiro atoms. The van der Waals surface area contributed by atoms with E-state index in [0.29, 0.717) is 17.9 Å². The molecular formula is C28H26N4O3S. The molecule has 1 N–H and O–H groups in total. The lowest BCUT2D eigenvalue weighted by molar-refractivity contribution is 0.0602. The molecule has 5 rings (SSSR count). The van der Waals surface area contributed by atoms with Gasteiger partial charge in [0.1, 0.15) is 5.82 Å². The highest BCUT2D eigenvalue weighted by molar-refractivity contribution is 7.71. The van der Waals surface area contributed by atoms with E-state index in [1.165, 1.54) is 7.11 Å². The molecule has 0 radical (unpaired) electrons. The molecule has 7 nitrogen and oxygen atoms in total. The quantitative estimate of drug-likeness (QED) is 0.192. The number of esters is 1. The molecular weight excluding hydrogens is 472 g/mol. The molecule has 0 fully saturated rings. The van der Waals surface area contributed by atoms with Gasteiger partial charge < -0.3 is 13.8 Å². The first-order valence-electron chi connectivity index (χ1n) is 11.9. The first kappa shape index (κ1) is 23.7. The van der Waals surface area contributed by atoms with E-state index in [4.69, 9.17) is 26.5 Å². The van der Waals surface area contributed by atoms with Crippen LogP contribution in [0.25, 0.3) is 33.5 Å². The van der Waals surface area contributed by atoms with E-state index in [0.717, 1.165) is 58.4 Å². The van der Waals surface area contributed by atoms with Gasteiger partial charge in [-0.2, -0.15) is 4.98 Å². The monoisotopic (exact) mass is 498 g/mol. The Morgan fingerprint density at radius 2 is 1.81 bits per heavy atom. The van der Waals surface area contributed by atoms with Gasteiger partial charge in [0.2, 0.25) is 0 Å². The highest BCUT2D eigenvalue weighted by atomic mass is 32.1. The molecule has 0 aliphatic rings. The number of unbranched alkanes of at least 4 members (excludes halogenated alkanes) is 1. The van der Waals surface area contributed by atoms with Crippen molar-refractivity contribution in [3.63, 3.8) is 0 Å². The number of benzene rings is 3. The van der Waals surface area contributed by atoms with Crippen LogP contribution >= 0.6 is 12.2 Å². The van der Waals surface area contributed by atoms with Gasteiger partial charge in [0.25, 0.3) is 0 Å². The molecule has 0 atom stereocenters. The van der Waals surface area contributed by atoms with E-state index in [1.807, 2.05) is 36.4 Å². The van der Waals surface area contributed by atoms with E-state index in [1.54, 1.807) is 6.07 Å². The molecule has 8 heteroatoms. The first-order valence-corrected chi connectivity index (χ1v) is 12.3. The fraction of sp³-hybridized carbons (Fsp3) is 0.214. The third kappa shape index (κ3) is 4.59. The van der Waals surface area contributed by atoms with E-state index in [-0.39, 0.29) is 10.8 Å². The van der Waals surface area contributed by atoms with Crippen molar-refractivity contribution in [1.82, 2.24) is 19.7 Å². The van der Waals surface area contributed by atoms with Crippen LogP contribution in [0.4, 0.5) is 0 Å². The Kier molecular flexibility index (Phi) is 6.77. The normalized spacial score (nSPS) is 11.2. The van der Waals surface area contributed by atoms with Gasteiger partial charge in [-0.1, -0.05) is 67.9 Å². The van der Waals surface area contributed by atoms with Crippen LogP contribution in [0.2, 0.25) is 0 Å². The zero-order chi connectivity index (χ0) is 25.1. The minimum Gasteiger partial charge on any atom is -0.465 e. The Hall–Kier alpha value is -4.04. The number of H-pyrrole nitrogens is 1. The minimum atomic E-state index is -0.359. The Bertz CT molecular complexity index is 1580. The topological polar surface area (TPSA) is 85.9 Å². The average molecular weight is 499 g/mol. The van der Waals surface area contributed by atoms with Crippen molar-refractivity contribution in [2.24, 2.45) is 0 Å². The molecule has 0 unspecified atom stereocenters. The number of carbonyl (C=O) groups excluding carboxylic acids is 1. The van der Waals surface area contributed by atoms with Crippen molar-refractivity contribution in [3.8, 4) is 22.5 Å². The molecule has 2 heterocycles. The number of nitrogens with zero attached hydrogens (tertiary/aromatic N) is 3. The van der Waals surface area contributed by atoms with Gasteiger partial charge in [-0.25, -0.2) is 14.9 Å². The Morgan fingerprint density at radius 1 is 1.03 bits per heavy atom. The Labute approximate surface area is 213 Å². The Morgan fingerprint density at radius 3 is 2.50 bits per heavy atom. The van der Waals surface area contributed by atoms with Crippen molar-refractivity contribution >= 4 is 29.2 Å². The minimum absolute atomic E-state index is 0.174. The summed E-state index contributed by atoms with van der Waals surface area (Å²) in [6, 6.07) is 22.0. The fourth-order valence-corrected chi connectivity index (χ4v) is 4.60. The number of carbonyl (C=O) groups is 1. The van der Waals surface area contributed by atoms with Gasteiger partial charge in [0.15, 0.2) is 5.82 Å². The van der Waals surface area contributed by atoms with Crippen LogP contribution in [0.5, 0.6) is 0 Å². The number of ether oxygens (including phenoxy) is 1. The third-order valence-corrected chi connectivity index (χ3v) is 6.41. The van der Waals surface area contributed by atoms with Gasteiger partial charge in [-0.15, -0.1) is 0 Å². The summed E-state index contributed by atoms with van der Waals surface area (Å²) in [5.74, 6) is 1.21. The SMILES string of the molecule is CCCCc1nc2cccc(C(=O)OC)c2n1Cc1ccc(-c2ccccc2-c2nc(=S)o[nH]2)cc1. The lowest BCUT2D eigenvalue weighted by Gasteiger charge is -2.13. The van der Waals surface area contributed by atoms with Crippen LogP contribution in [0.1, 0.15) is 41.5 Å². The second-order valence-corrected chi connectivity index (χ2v) is 8.90. The van der Waals surface area contributed by atoms with E-state index < -0.39 is 0 Å². The smallest absolute Gasteiger partial charge is 0.340 e. The molecule has 0 aliphatic carbocycles. The summed E-state index contributed by atoms with van der Waals surface area (Å²) >= 11 is 5.02. The predicted octanol–water partition coefficient (Wildman–Crippen LogP) is 6.59. The summed E-state index contributed by atoms with van der Waals surface area (Å²) in [7, 11) is 1.41. The molecule has 182 valence electrons. The van der Waals surface area contributed by atoms with E-state index in [9.17, 15) is 4.79 Å². The van der Waals surface area contributed by atoms with Gasteiger partial charge in [0.05, 0.1) is 23.7 Å². The largest absolute Gasteiger partial charge is 0.465 e. The molecule has 3 aromatic carbocycles. The predicted molar refractivity (Wildman–Crippen MR) is 141 cm³/mol. The molecule has 5 aromatic rings. The van der Waals surface area contributed by atoms with Crippen LogP contribution < -0.4 is 0 Å². The maximum Gasteiger partial charge on any atom is 0.340 e. The van der Waals surface area contributed by atoms with Gasteiger partial charge in [-0.05, 0) is 47.5 Å². The Balaban J connectivity index is 1.52. The lowest BCUT2D eigenvalue weighted by Crippen LogP contribution is -2.09. The van der Waals surface area contributed by atoms with Crippen molar-refractivity contribution in [3.05, 3.63) is 88.5 Å². The second-order valence-electron chi connectivity index (χ2n) is 8.56. The van der Waals surface area contributed by atoms with Gasteiger partial charge in [0, 0.05) is 18.5 Å².